The van der Waals surface area contributed by atoms with E-state index in [2.05, 4.69) is 24.9 Å². The molecule has 1 rings (SSSR count). The normalized spacial score (nSPS) is 9.75. The largest absolute Gasteiger partial charge is 0.365 e. The topological polar surface area (TPSA) is 15.8 Å². The Morgan fingerprint density at radius 2 is 2.50 bits per heavy atom. The molecule has 0 bridgehead atoms. The summed E-state index contributed by atoms with van der Waals surface area (Å²) < 4.78 is 0. The van der Waals surface area contributed by atoms with Crippen LogP contribution in [0.1, 0.15) is 19.6 Å². The van der Waals surface area contributed by atoms with Gasteiger partial charge in [0.05, 0.1) is 0 Å². The van der Waals surface area contributed by atoms with Gasteiger partial charge in [0.25, 0.3) is 0 Å². The number of aryl methyl sites for hydroxylation is 2. The monoisotopic (exact) mass is 111 g/mol. The molecule has 0 fully saturated rings. The highest BCUT2D eigenvalue weighted by Gasteiger charge is 1.87. The van der Waals surface area contributed by atoms with Crippen LogP contribution in [-0.4, -0.2) is 4.98 Å². The molecule has 1 N–H and O–H groups in total. The van der Waals surface area contributed by atoms with Crippen molar-refractivity contribution in [2.75, 3.05) is 0 Å². The third kappa shape index (κ3) is 0.915. The molecule has 1 nitrogen and oxygen atoms in total. The van der Waals surface area contributed by atoms with Crippen molar-refractivity contribution >= 4 is 0 Å². The number of hydrogen-bond acceptors (Lipinski definition) is 0. The van der Waals surface area contributed by atoms with Crippen molar-refractivity contribution in [1.82, 2.24) is 4.98 Å². The molecule has 0 atom stereocenters. The quantitative estimate of drug-likeness (QED) is 0.571. The van der Waals surface area contributed by atoms with Gasteiger partial charge in [-0.25, -0.2) is 0 Å². The zero-order valence-electron chi connectivity index (χ0n) is 5.36. The molecule has 0 aliphatic heterocycles. The minimum atomic E-state index is 0. The smallest absolute Gasteiger partial charge is 0.0147 e. The van der Waals surface area contributed by atoms with Crippen molar-refractivity contribution < 1.29 is 1.43 Å². The number of aromatic amines is 1. The highest BCUT2D eigenvalue weighted by molar-refractivity contribution is 5.14. The maximum Gasteiger partial charge on any atom is 0.0147 e. The van der Waals surface area contributed by atoms with E-state index in [4.69, 9.17) is 0 Å². The predicted molar refractivity (Wildman–Crippen MR) is 37.0 cm³/mol. The van der Waals surface area contributed by atoms with Crippen molar-refractivity contribution in [3.05, 3.63) is 23.5 Å². The molecule has 46 valence electrons. The second-order valence-electron chi connectivity index (χ2n) is 2.06. The van der Waals surface area contributed by atoms with Crippen LogP contribution in [0.5, 0.6) is 0 Å². The van der Waals surface area contributed by atoms with Gasteiger partial charge in [-0.15, -0.1) is 0 Å². The van der Waals surface area contributed by atoms with Gasteiger partial charge in [0.2, 0.25) is 0 Å². The van der Waals surface area contributed by atoms with E-state index in [-0.39, 0.29) is 1.43 Å². The van der Waals surface area contributed by atoms with Crippen LogP contribution in [-0.2, 0) is 6.42 Å². The molecular weight excluding hydrogens is 98.1 g/mol. The molecule has 0 saturated carbocycles. The fourth-order valence-electron chi connectivity index (χ4n) is 0.769. The number of nitrogens with one attached hydrogen (secondary N) is 1. The van der Waals surface area contributed by atoms with E-state index >= 15 is 0 Å². The zero-order chi connectivity index (χ0) is 5.98. The first-order valence-electron chi connectivity index (χ1n) is 2.97. The first-order chi connectivity index (χ1) is 3.83. The van der Waals surface area contributed by atoms with Crippen molar-refractivity contribution in [2.45, 2.75) is 20.3 Å². The van der Waals surface area contributed by atoms with Gasteiger partial charge < -0.3 is 4.98 Å². The van der Waals surface area contributed by atoms with E-state index in [1.54, 1.807) is 0 Å². The van der Waals surface area contributed by atoms with E-state index < -0.39 is 0 Å². The molecular formula is C7H13N. The van der Waals surface area contributed by atoms with Crippen LogP contribution in [0, 0.1) is 6.92 Å². The zero-order valence-corrected chi connectivity index (χ0v) is 5.36. The molecule has 0 aliphatic carbocycles. The van der Waals surface area contributed by atoms with Crippen molar-refractivity contribution in [2.24, 2.45) is 0 Å². The minimum absolute atomic E-state index is 0. The van der Waals surface area contributed by atoms with Crippen LogP contribution < -0.4 is 0 Å². The molecule has 0 saturated heterocycles. The molecule has 0 aromatic carbocycles. The van der Waals surface area contributed by atoms with E-state index in [1.807, 2.05) is 6.20 Å². The lowest BCUT2D eigenvalue weighted by atomic mass is 10.3. The second-order valence-corrected chi connectivity index (χ2v) is 2.06. The fraction of sp³-hybridized carbons (Fsp3) is 0.429. The standard InChI is InChI=1S/C7H11N.H2/c1-3-7-4-6(2)5-8-7;/h4-5,8H,3H2,1-2H3;1H. The lowest BCUT2D eigenvalue weighted by Crippen LogP contribution is -1.73. The van der Waals surface area contributed by atoms with Crippen LogP contribution in [0.15, 0.2) is 12.3 Å². The van der Waals surface area contributed by atoms with Gasteiger partial charge in [0.1, 0.15) is 0 Å². The maximum atomic E-state index is 3.16. The SMILES string of the molecule is CCc1cc(C)c[nH]1.[HH]. The van der Waals surface area contributed by atoms with Crippen LogP contribution in [0.25, 0.3) is 0 Å². The van der Waals surface area contributed by atoms with Gasteiger partial charge >= 0.3 is 0 Å². The van der Waals surface area contributed by atoms with Crippen LogP contribution >= 0.6 is 0 Å². The molecule has 1 aromatic rings. The van der Waals surface area contributed by atoms with Gasteiger partial charge in [-0.3, -0.25) is 0 Å². The number of H-pyrrole nitrogens is 1. The van der Waals surface area contributed by atoms with E-state index in [1.165, 1.54) is 11.3 Å². The summed E-state index contributed by atoms with van der Waals surface area (Å²) in [7, 11) is 0. The Kier molecular flexibility index (Phi) is 1.38. The molecule has 0 spiro atoms. The van der Waals surface area contributed by atoms with Gasteiger partial charge in [-0.05, 0) is 25.0 Å². The molecule has 0 radical (unpaired) electrons. The predicted octanol–water partition coefficient (Wildman–Crippen LogP) is 2.13. The maximum absolute atomic E-state index is 3.16. The van der Waals surface area contributed by atoms with Crippen molar-refractivity contribution in [1.29, 1.82) is 0 Å². The third-order valence-electron chi connectivity index (χ3n) is 1.27. The molecule has 8 heavy (non-hydrogen) atoms. The molecule has 0 unspecified atom stereocenters. The lowest BCUT2D eigenvalue weighted by molar-refractivity contribution is 1.06. The van der Waals surface area contributed by atoms with Crippen LogP contribution in [0.4, 0.5) is 0 Å². The van der Waals surface area contributed by atoms with Gasteiger partial charge in [0, 0.05) is 13.3 Å². The number of hydrogen-bond donors (Lipinski definition) is 1. The summed E-state index contributed by atoms with van der Waals surface area (Å²) in [5.41, 5.74) is 2.64. The Morgan fingerprint density at radius 1 is 1.75 bits per heavy atom. The Morgan fingerprint density at radius 3 is 2.75 bits per heavy atom. The first-order valence-corrected chi connectivity index (χ1v) is 2.97. The average Bonchev–Trinajstić information content (AvgIpc) is 2.14. The number of aromatic nitrogens is 1. The van der Waals surface area contributed by atoms with Crippen molar-refractivity contribution in [3.63, 3.8) is 0 Å². The van der Waals surface area contributed by atoms with E-state index in [0.717, 1.165) is 6.42 Å². The third-order valence-corrected chi connectivity index (χ3v) is 1.27. The average molecular weight is 111 g/mol. The Hall–Kier alpha value is -0.720. The first kappa shape index (κ1) is 5.42. The Balaban J connectivity index is 0.000000640. The van der Waals surface area contributed by atoms with Gasteiger partial charge in [-0.2, -0.15) is 0 Å². The summed E-state index contributed by atoms with van der Waals surface area (Å²) in [6, 6.07) is 2.17. The Bertz CT molecular complexity index is 169. The van der Waals surface area contributed by atoms with Crippen LogP contribution in [0.2, 0.25) is 0 Å². The van der Waals surface area contributed by atoms with E-state index in [9.17, 15) is 0 Å². The van der Waals surface area contributed by atoms with E-state index in [0.29, 0.717) is 0 Å². The number of rotatable bonds is 1. The highest BCUT2D eigenvalue weighted by atomic mass is 14.7. The lowest BCUT2D eigenvalue weighted by Gasteiger charge is -1.81. The summed E-state index contributed by atoms with van der Waals surface area (Å²) >= 11 is 0. The molecule has 0 amide bonds. The summed E-state index contributed by atoms with van der Waals surface area (Å²) in [5, 5.41) is 0. The molecule has 1 heterocycles. The van der Waals surface area contributed by atoms with Crippen LogP contribution in [0.3, 0.4) is 0 Å². The highest BCUT2D eigenvalue weighted by Crippen LogP contribution is 2.00. The minimum Gasteiger partial charge on any atom is -0.365 e. The second kappa shape index (κ2) is 2.03. The summed E-state index contributed by atoms with van der Waals surface area (Å²) in [6.45, 7) is 4.24. The molecule has 1 aromatic heterocycles. The van der Waals surface area contributed by atoms with Crippen molar-refractivity contribution in [3.8, 4) is 0 Å². The fourth-order valence-corrected chi connectivity index (χ4v) is 0.769. The molecule has 1 heteroatoms. The summed E-state index contributed by atoms with van der Waals surface area (Å²) in [6.07, 6.45) is 3.13. The molecule has 0 aliphatic rings. The summed E-state index contributed by atoms with van der Waals surface area (Å²) in [4.78, 5) is 3.16. The van der Waals surface area contributed by atoms with Gasteiger partial charge in [-0.1, -0.05) is 6.92 Å². The summed E-state index contributed by atoms with van der Waals surface area (Å²) in [5.74, 6) is 0. The Labute approximate surface area is 51.2 Å². The van der Waals surface area contributed by atoms with Gasteiger partial charge in [0.15, 0.2) is 0 Å².